The van der Waals surface area contributed by atoms with Gasteiger partial charge in [-0.25, -0.2) is 9.37 Å². The fourth-order valence-corrected chi connectivity index (χ4v) is 4.57. The van der Waals surface area contributed by atoms with Crippen molar-refractivity contribution >= 4 is 29.2 Å². The van der Waals surface area contributed by atoms with Gasteiger partial charge in [-0.15, -0.1) is 0 Å². The topological polar surface area (TPSA) is 94.6 Å². The van der Waals surface area contributed by atoms with Crippen molar-refractivity contribution < 1.29 is 31.9 Å². The highest BCUT2D eigenvalue weighted by Crippen LogP contribution is 2.35. The molecule has 36 heavy (non-hydrogen) atoms. The van der Waals surface area contributed by atoms with Gasteiger partial charge in [-0.3, -0.25) is 14.4 Å². The number of carbonyl (C=O) groups excluding carboxylic acids is 3. The highest BCUT2D eigenvalue weighted by Gasteiger charge is 2.42. The molecule has 2 aromatic rings. The molecular formula is C24H23F4N5O3. The van der Waals surface area contributed by atoms with Gasteiger partial charge in [-0.1, -0.05) is 12.8 Å². The van der Waals surface area contributed by atoms with Crippen molar-refractivity contribution in [1.82, 2.24) is 15.2 Å². The zero-order valence-corrected chi connectivity index (χ0v) is 19.1. The van der Waals surface area contributed by atoms with Crippen LogP contribution in [0.25, 0.3) is 0 Å². The van der Waals surface area contributed by atoms with E-state index in [0.717, 1.165) is 11.3 Å². The second kappa shape index (κ2) is 9.07. The first-order chi connectivity index (χ1) is 17.1. The van der Waals surface area contributed by atoms with E-state index in [1.54, 1.807) is 4.90 Å². The normalized spacial score (nSPS) is 19.3. The van der Waals surface area contributed by atoms with Gasteiger partial charge in [0, 0.05) is 25.8 Å². The molecule has 2 N–H and O–H groups in total. The zero-order chi connectivity index (χ0) is 25.6. The molecule has 3 heterocycles. The molecule has 8 nitrogen and oxygen atoms in total. The number of hydrogen-bond donors (Lipinski definition) is 2. The van der Waals surface area contributed by atoms with Gasteiger partial charge in [0.05, 0.1) is 28.9 Å². The number of fused-ring (bicyclic) bond motifs is 3. The van der Waals surface area contributed by atoms with Gasteiger partial charge in [-0.05, 0) is 36.6 Å². The summed E-state index contributed by atoms with van der Waals surface area (Å²) in [6, 6.07) is 2.38. The van der Waals surface area contributed by atoms with Crippen molar-refractivity contribution in [3.05, 3.63) is 53.0 Å². The summed E-state index contributed by atoms with van der Waals surface area (Å²) in [6.45, 7) is 0.476. The molecule has 1 atom stereocenters. The SMILES string of the molecule is O=C(NCCC1CC1)c1cnc2c(c1)NC(=O)C1CN(C(=O)c3cc(F)ccc3C(F)(F)F)CCN21. The second-order valence-corrected chi connectivity index (χ2v) is 9.22. The van der Waals surface area contributed by atoms with Gasteiger partial charge >= 0.3 is 6.18 Å². The maximum absolute atomic E-state index is 13.7. The van der Waals surface area contributed by atoms with Crippen LogP contribution in [0.1, 0.15) is 45.5 Å². The minimum Gasteiger partial charge on any atom is -0.352 e. The average molecular weight is 505 g/mol. The van der Waals surface area contributed by atoms with Gasteiger partial charge in [0.2, 0.25) is 5.91 Å². The lowest BCUT2D eigenvalue weighted by atomic mass is 10.0. The Kier molecular flexibility index (Phi) is 6.05. The first-order valence-electron chi connectivity index (χ1n) is 11.6. The number of nitrogens with one attached hydrogen (secondary N) is 2. The first kappa shape index (κ1) is 24.0. The van der Waals surface area contributed by atoms with E-state index in [-0.39, 0.29) is 25.5 Å². The summed E-state index contributed by atoms with van der Waals surface area (Å²) >= 11 is 0. The quantitative estimate of drug-likeness (QED) is 0.610. The predicted octanol–water partition coefficient (Wildman–Crippen LogP) is 3.05. The van der Waals surface area contributed by atoms with E-state index in [0.29, 0.717) is 47.7 Å². The van der Waals surface area contributed by atoms with Crippen LogP contribution >= 0.6 is 0 Å². The van der Waals surface area contributed by atoms with Crippen molar-refractivity contribution in [1.29, 1.82) is 0 Å². The number of pyridine rings is 1. The van der Waals surface area contributed by atoms with Crippen LogP contribution in [0.2, 0.25) is 0 Å². The Labute approximate surface area is 203 Å². The van der Waals surface area contributed by atoms with Gasteiger partial charge in [0.25, 0.3) is 11.8 Å². The number of nitrogens with zero attached hydrogens (tertiary/aromatic N) is 3. The second-order valence-electron chi connectivity index (χ2n) is 9.22. The van der Waals surface area contributed by atoms with Crippen LogP contribution in [0, 0.1) is 11.7 Å². The van der Waals surface area contributed by atoms with Crippen molar-refractivity contribution in [2.24, 2.45) is 5.92 Å². The smallest absolute Gasteiger partial charge is 0.352 e. The van der Waals surface area contributed by atoms with E-state index < -0.39 is 41.0 Å². The molecule has 12 heteroatoms. The molecule has 1 aliphatic carbocycles. The van der Waals surface area contributed by atoms with Crippen LogP contribution in [0.5, 0.6) is 0 Å². The number of aromatic nitrogens is 1. The Hall–Kier alpha value is -3.70. The maximum atomic E-state index is 13.7. The van der Waals surface area contributed by atoms with E-state index in [2.05, 4.69) is 15.6 Å². The Morgan fingerprint density at radius 2 is 1.94 bits per heavy atom. The van der Waals surface area contributed by atoms with E-state index in [1.165, 1.54) is 25.1 Å². The molecule has 1 unspecified atom stereocenters. The van der Waals surface area contributed by atoms with E-state index >= 15 is 0 Å². The minimum absolute atomic E-state index is 0.000940. The van der Waals surface area contributed by atoms with Crippen LogP contribution < -0.4 is 15.5 Å². The van der Waals surface area contributed by atoms with Crippen molar-refractivity contribution in [3.8, 4) is 0 Å². The number of hydrogen-bond acceptors (Lipinski definition) is 5. The van der Waals surface area contributed by atoms with Gasteiger partial charge < -0.3 is 20.4 Å². The van der Waals surface area contributed by atoms with E-state index in [4.69, 9.17) is 0 Å². The largest absolute Gasteiger partial charge is 0.417 e. The molecular weight excluding hydrogens is 482 g/mol. The molecule has 3 amide bonds. The Morgan fingerprint density at radius 1 is 1.17 bits per heavy atom. The predicted molar refractivity (Wildman–Crippen MR) is 121 cm³/mol. The third-order valence-corrected chi connectivity index (χ3v) is 6.68. The molecule has 2 fully saturated rings. The lowest BCUT2D eigenvalue weighted by Gasteiger charge is -2.44. The zero-order valence-electron chi connectivity index (χ0n) is 19.1. The lowest BCUT2D eigenvalue weighted by Crippen LogP contribution is -2.61. The Balaban J connectivity index is 1.32. The van der Waals surface area contributed by atoms with Crippen molar-refractivity contribution in [2.45, 2.75) is 31.5 Å². The van der Waals surface area contributed by atoms with Crippen molar-refractivity contribution in [3.63, 3.8) is 0 Å². The number of benzene rings is 1. The summed E-state index contributed by atoms with van der Waals surface area (Å²) in [5, 5.41) is 5.52. The standard InChI is InChI=1S/C24H23F4N5O3/c25-15-3-4-17(24(26,27)28)16(10-15)23(36)32-7-8-33-19(12-32)22(35)31-18-9-14(11-30-20(18)33)21(34)29-6-5-13-1-2-13/h3-4,9-11,13,19H,1-2,5-8,12H2,(H,29,34)(H,31,35). The van der Waals surface area contributed by atoms with Gasteiger partial charge in [-0.2, -0.15) is 13.2 Å². The van der Waals surface area contributed by atoms with Crippen LogP contribution in [0.15, 0.2) is 30.5 Å². The number of rotatable bonds is 5. The molecule has 0 spiro atoms. The Morgan fingerprint density at radius 3 is 2.67 bits per heavy atom. The molecule has 1 aromatic heterocycles. The number of anilines is 2. The number of halogens is 4. The molecule has 3 aliphatic rings. The van der Waals surface area contributed by atoms with Crippen LogP contribution in [-0.2, 0) is 11.0 Å². The van der Waals surface area contributed by atoms with Crippen LogP contribution in [-0.4, -0.2) is 59.8 Å². The molecule has 2 aliphatic heterocycles. The first-order valence-corrected chi connectivity index (χ1v) is 11.6. The van der Waals surface area contributed by atoms with Crippen LogP contribution in [0.4, 0.5) is 29.1 Å². The monoisotopic (exact) mass is 505 g/mol. The maximum Gasteiger partial charge on any atom is 0.417 e. The molecule has 1 saturated heterocycles. The summed E-state index contributed by atoms with van der Waals surface area (Å²) in [5.74, 6) is -1.67. The summed E-state index contributed by atoms with van der Waals surface area (Å²) in [6.07, 6.45) is -0.138. The number of amides is 3. The third kappa shape index (κ3) is 4.71. The molecule has 1 saturated carbocycles. The Bertz CT molecular complexity index is 1230. The number of carbonyl (C=O) groups is 3. The van der Waals surface area contributed by atoms with Gasteiger partial charge in [0.1, 0.15) is 11.9 Å². The lowest BCUT2D eigenvalue weighted by molar-refractivity contribution is -0.138. The third-order valence-electron chi connectivity index (χ3n) is 6.68. The van der Waals surface area contributed by atoms with Crippen molar-refractivity contribution in [2.75, 3.05) is 36.4 Å². The fraction of sp³-hybridized carbons (Fsp3) is 0.417. The number of piperazine rings is 1. The summed E-state index contributed by atoms with van der Waals surface area (Å²) in [7, 11) is 0. The fourth-order valence-electron chi connectivity index (χ4n) is 4.57. The molecule has 0 bridgehead atoms. The minimum atomic E-state index is -4.84. The summed E-state index contributed by atoms with van der Waals surface area (Å²) in [5.41, 5.74) is -1.40. The van der Waals surface area contributed by atoms with E-state index in [1.807, 2.05) is 0 Å². The number of alkyl halides is 3. The molecule has 190 valence electrons. The van der Waals surface area contributed by atoms with Gasteiger partial charge in [0.15, 0.2) is 5.82 Å². The highest BCUT2D eigenvalue weighted by molar-refractivity contribution is 6.05. The van der Waals surface area contributed by atoms with Crippen LogP contribution in [0.3, 0.4) is 0 Å². The molecule has 0 radical (unpaired) electrons. The summed E-state index contributed by atoms with van der Waals surface area (Å²) < 4.78 is 53.9. The highest BCUT2D eigenvalue weighted by atomic mass is 19.4. The van der Waals surface area contributed by atoms with E-state index in [9.17, 15) is 31.9 Å². The molecule has 5 rings (SSSR count). The average Bonchev–Trinajstić information content (AvgIpc) is 3.66. The summed E-state index contributed by atoms with van der Waals surface area (Å²) in [4.78, 5) is 45.4. The molecule has 1 aromatic carbocycles.